The largest absolute Gasteiger partial charge is 0.380 e. The zero-order valence-corrected chi connectivity index (χ0v) is 8.55. The van der Waals surface area contributed by atoms with Crippen LogP contribution in [-0.2, 0) is 4.74 Å². The minimum Gasteiger partial charge on any atom is -0.380 e. The van der Waals surface area contributed by atoms with Crippen LogP contribution in [0.3, 0.4) is 0 Å². The molecule has 0 bridgehead atoms. The third-order valence-corrected chi connectivity index (χ3v) is 1.93. The molecule has 0 aromatic heterocycles. The molecule has 0 saturated carbocycles. The van der Waals surface area contributed by atoms with Crippen molar-refractivity contribution >= 4 is 10.2 Å². The average Bonchev–Trinajstić information content (AvgIpc) is 1.63. The lowest BCUT2D eigenvalue weighted by molar-refractivity contribution is 0.0515. The summed E-state index contributed by atoms with van der Waals surface area (Å²) in [5, 5.41) is 0. The zero-order chi connectivity index (χ0) is 7.28. The van der Waals surface area contributed by atoms with Crippen LogP contribution in [0.2, 0.25) is 0 Å². The third kappa shape index (κ3) is 6.02. The Morgan fingerprint density at radius 1 is 1.56 bits per heavy atom. The summed E-state index contributed by atoms with van der Waals surface area (Å²) in [4.78, 5) is 0. The van der Waals surface area contributed by atoms with Crippen molar-refractivity contribution in [3.8, 4) is 0 Å². The lowest BCUT2D eigenvalue weighted by atomic mass is 10.4. The molecule has 2 nitrogen and oxygen atoms in total. The van der Waals surface area contributed by atoms with Gasteiger partial charge >= 0.3 is 0 Å². The topological polar surface area (TPSA) is 35.2 Å². The van der Waals surface area contributed by atoms with E-state index >= 15 is 0 Å². The fraction of sp³-hybridized carbons (Fsp3) is 1.00. The highest BCUT2D eigenvalue weighted by atomic mass is 28.1. The molecule has 0 radical (unpaired) electrons. The summed E-state index contributed by atoms with van der Waals surface area (Å²) >= 11 is 0. The van der Waals surface area contributed by atoms with E-state index in [9.17, 15) is 0 Å². The number of rotatable bonds is 4. The van der Waals surface area contributed by atoms with E-state index < -0.39 is 0 Å². The van der Waals surface area contributed by atoms with E-state index in [0.29, 0.717) is 11.8 Å². The second-order valence-corrected chi connectivity index (χ2v) is 3.86. The van der Waals surface area contributed by atoms with Crippen LogP contribution in [-0.4, -0.2) is 28.6 Å². The molecule has 0 heterocycles. The van der Waals surface area contributed by atoms with E-state index in [1.165, 1.54) is 0 Å². The number of hydrogen-bond donors (Lipinski definition) is 1. The maximum atomic E-state index is 5.47. The standard InChI is InChI=1S/C6H17NOSi/c1-5(2)8-6(9)3-4-7/h5-6H,3-4,7H2,1-2,9H3. The SMILES string of the molecule is CC(C)OC([SiH3])CCN. The van der Waals surface area contributed by atoms with Gasteiger partial charge in [0, 0.05) is 16.0 Å². The van der Waals surface area contributed by atoms with Crippen LogP contribution in [0, 0.1) is 0 Å². The Balaban J connectivity index is 3.15. The van der Waals surface area contributed by atoms with Crippen molar-refractivity contribution in [2.45, 2.75) is 32.1 Å². The van der Waals surface area contributed by atoms with E-state index in [0.717, 1.165) is 23.2 Å². The predicted molar refractivity (Wildman–Crippen MR) is 43.6 cm³/mol. The van der Waals surface area contributed by atoms with Crippen LogP contribution < -0.4 is 5.73 Å². The summed E-state index contributed by atoms with van der Waals surface area (Å²) in [7, 11) is 1.09. The predicted octanol–water partition coefficient (Wildman–Crippen LogP) is -0.548. The fourth-order valence-corrected chi connectivity index (χ4v) is 1.65. The van der Waals surface area contributed by atoms with Gasteiger partial charge in [0.2, 0.25) is 0 Å². The molecule has 0 spiro atoms. The molecule has 0 aromatic rings. The molecule has 0 saturated heterocycles. The Morgan fingerprint density at radius 3 is 2.44 bits per heavy atom. The summed E-state index contributed by atoms with van der Waals surface area (Å²) in [5.74, 6) is 0. The Kier molecular flexibility index (Phi) is 5.04. The normalized spacial score (nSPS) is 14.7. The lowest BCUT2D eigenvalue weighted by Crippen LogP contribution is -2.21. The van der Waals surface area contributed by atoms with Crippen molar-refractivity contribution in [3.05, 3.63) is 0 Å². The van der Waals surface area contributed by atoms with E-state index in [-0.39, 0.29) is 0 Å². The second kappa shape index (κ2) is 4.96. The molecular formula is C6H17NOSi. The molecule has 3 heteroatoms. The van der Waals surface area contributed by atoms with Crippen molar-refractivity contribution in [1.82, 2.24) is 0 Å². The van der Waals surface area contributed by atoms with Gasteiger partial charge in [-0.2, -0.15) is 0 Å². The van der Waals surface area contributed by atoms with Gasteiger partial charge in [0.1, 0.15) is 0 Å². The summed E-state index contributed by atoms with van der Waals surface area (Å²) in [6.07, 6.45) is 1.38. The summed E-state index contributed by atoms with van der Waals surface area (Å²) < 4.78 is 5.47. The van der Waals surface area contributed by atoms with Gasteiger partial charge in [0.25, 0.3) is 0 Å². The summed E-state index contributed by atoms with van der Waals surface area (Å²) in [5.41, 5.74) is 5.80. The van der Waals surface area contributed by atoms with Gasteiger partial charge in [-0.3, -0.25) is 0 Å². The molecule has 0 rings (SSSR count). The zero-order valence-electron chi connectivity index (χ0n) is 6.55. The first kappa shape index (κ1) is 9.14. The van der Waals surface area contributed by atoms with Gasteiger partial charge in [-0.05, 0) is 26.8 Å². The molecule has 0 aliphatic heterocycles. The molecule has 0 fully saturated rings. The fourth-order valence-electron chi connectivity index (χ4n) is 0.767. The third-order valence-electron chi connectivity index (χ3n) is 1.08. The molecule has 9 heavy (non-hydrogen) atoms. The molecule has 0 aliphatic rings. The first-order chi connectivity index (χ1) is 4.16. The van der Waals surface area contributed by atoms with Gasteiger partial charge in [-0.1, -0.05) is 0 Å². The quantitative estimate of drug-likeness (QED) is 0.542. The first-order valence-electron chi connectivity index (χ1n) is 3.52. The Labute approximate surface area is 60.2 Å². The molecule has 0 amide bonds. The molecule has 1 unspecified atom stereocenters. The van der Waals surface area contributed by atoms with Crippen LogP contribution in [0.5, 0.6) is 0 Å². The van der Waals surface area contributed by atoms with E-state index in [1.54, 1.807) is 0 Å². The average molecular weight is 147 g/mol. The van der Waals surface area contributed by atoms with Crippen LogP contribution in [0.15, 0.2) is 0 Å². The first-order valence-corrected chi connectivity index (χ1v) is 4.67. The van der Waals surface area contributed by atoms with Crippen LogP contribution in [0.25, 0.3) is 0 Å². The van der Waals surface area contributed by atoms with Crippen LogP contribution >= 0.6 is 0 Å². The smallest absolute Gasteiger partial charge is 0.0517 e. The van der Waals surface area contributed by atoms with Gasteiger partial charge < -0.3 is 10.5 Å². The molecular weight excluding hydrogens is 130 g/mol. The van der Waals surface area contributed by atoms with Crippen molar-refractivity contribution < 1.29 is 4.74 Å². The van der Waals surface area contributed by atoms with E-state index in [2.05, 4.69) is 13.8 Å². The summed E-state index contributed by atoms with van der Waals surface area (Å²) in [6, 6.07) is 0. The van der Waals surface area contributed by atoms with E-state index in [1.807, 2.05) is 0 Å². The van der Waals surface area contributed by atoms with Crippen LogP contribution in [0.1, 0.15) is 20.3 Å². The highest BCUT2D eigenvalue weighted by molar-refractivity contribution is 6.10. The van der Waals surface area contributed by atoms with Crippen molar-refractivity contribution in [2.24, 2.45) is 5.73 Å². The minimum atomic E-state index is 0.360. The molecule has 56 valence electrons. The minimum absolute atomic E-state index is 0.360. The van der Waals surface area contributed by atoms with Gasteiger partial charge in [-0.15, -0.1) is 0 Å². The molecule has 0 aliphatic carbocycles. The highest BCUT2D eigenvalue weighted by Crippen LogP contribution is 1.96. The maximum Gasteiger partial charge on any atom is 0.0517 e. The van der Waals surface area contributed by atoms with Crippen molar-refractivity contribution in [3.63, 3.8) is 0 Å². The van der Waals surface area contributed by atoms with Gasteiger partial charge in [0.05, 0.1) is 6.10 Å². The van der Waals surface area contributed by atoms with Crippen LogP contribution in [0.4, 0.5) is 0 Å². The highest BCUT2D eigenvalue weighted by Gasteiger charge is 2.01. The molecule has 2 N–H and O–H groups in total. The Hall–Kier alpha value is 0.137. The molecule has 0 aromatic carbocycles. The second-order valence-electron chi connectivity index (χ2n) is 2.57. The lowest BCUT2D eigenvalue weighted by Gasteiger charge is -2.14. The van der Waals surface area contributed by atoms with Crippen molar-refractivity contribution in [2.75, 3.05) is 6.54 Å². The van der Waals surface area contributed by atoms with Gasteiger partial charge in [0.15, 0.2) is 0 Å². The van der Waals surface area contributed by atoms with E-state index in [4.69, 9.17) is 10.5 Å². The Morgan fingerprint density at radius 2 is 2.11 bits per heavy atom. The molecule has 1 atom stereocenters. The monoisotopic (exact) mass is 147 g/mol. The maximum absolute atomic E-state index is 5.47. The van der Waals surface area contributed by atoms with Gasteiger partial charge in [-0.25, -0.2) is 0 Å². The number of ether oxygens (including phenoxy) is 1. The van der Waals surface area contributed by atoms with Crippen molar-refractivity contribution in [1.29, 1.82) is 0 Å². The number of nitrogens with two attached hydrogens (primary N) is 1. The Bertz CT molecular complexity index is 68.1. The summed E-state index contributed by atoms with van der Waals surface area (Å²) in [6.45, 7) is 4.86. The number of hydrogen-bond acceptors (Lipinski definition) is 2.